The molecule has 4 amide bonds. The van der Waals surface area contributed by atoms with Gasteiger partial charge in [0.2, 0.25) is 5.91 Å². The van der Waals surface area contributed by atoms with Gasteiger partial charge in [0, 0.05) is 17.2 Å². The number of imide groups is 1. The minimum absolute atomic E-state index is 0.0598. The average molecular weight is 381 g/mol. The summed E-state index contributed by atoms with van der Waals surface area (Å²) in [6.45, 7) is 3.84. The number of hydrogen-bond acceptors (Lipinski definition) is 4. The quantitative estimate of drug-likeness (QED) is 0.710. The molecule has 146 valence electrons. The Balaban J connectivity index is 1.44. The second kappa shape index (κ2) is 6.82. The van der Waals surface area contributed by atoms with Crippen molar-refractivity contribution in [2.45, 2.75) is 45.1 Å². The van der Waals surface area contributed by atoms with Crippen LogP contribution >= 0.6 is 0 Å². The van der Waals surface area contributed by atoms with Crippen molar-refractivity contribution in [3.8, 4) is 11.3 Å². The molecule has 0 unspecified atom stereocenters. The van der Waals surface area contributed by atoms with Crippen molar-refractivity contribution < 1.29 is 18.8 Å². The molecule has 1 spiro atoms. The van der Waals surface area contributed by atoms with Crippen LogP contribution in [-0.4, -0.2) is 23.4 Å². The van der Waals surface area contributed by atoms with Gasteiger partial charge in [0.15, 0.2) is 0 Å². The number of carbonyl (C=O) groups is 3. The zero-order chi connectivity index (χ0) is 19.9. The average Bonchev–Trinajstić information content (AvgIpc) is 3.20. The minimum atomic E-state index is -0.846. The van der Waals surface area contributed by atoms with E-state index in [-0.39, 0.29) is 17.7 Å². The first kappa shape index (κ1) is 18.3. The number of hydrogen-bond donors (Lipinski definition) is 3. The maximum atomic E-state index is 12.8. The molecule has 1 aliphatic heterocycles. The molecule has 7 heteroatoms. The number of rotatable bonds is 3. The molecule has 3 N–H and O–H groups in total. The molecule has 4 rings (SSSR count). The van der Waals surface area contributed by atoms with E-state index in [0.717, 1.165) is 28.3 Å². The smallest absolute Gasteiger partial charge is 0.322 e. The normalized spacial score (nSPS) is 24.1. The molecular formula is C21H23N3O4. The van der Waals surface area contributed by atoms with Gasteiger partial charge in [-0.05, 0) is 63.3 Å². The van der Waals surface area contributed by atoms with Crippen LogP contribution < -0.4 is 16.0 Å². The van der Waals surface area contributed by atoms with E-state index in [1.54, 1.807) is 0 Å². The Morgan fingerprint density at radius 2 is 1.89 bits per heavy atom. The molecule has 1 saturated carbocycles. The number of nitrogens with one attached hydrogen (secondary N) is 3. The molecule has 1 saturated heterocycles. The van der Waals surface area contributed by atoms with Gasteiger partial charge in [0.05, 0.1) is 0 Å². The van der Waals surface area contributed by atoms with Gasteiger partial charge in [-0.25, -0.2) is 4.79 Å². The third kappa shape index (κ3) is 3.28. The fourth-order valence-corrected chi connectivity index (χ4v) is 3.99. The summed E-state index contributed by atoms with van der Waals surface area (Å²) >= 11 is 0. The Morgan fingerprint density at radius 3 is 2.50 bits per heavy atom. The summed E-state index contributed by atoms with van der Waals surface area (Å²) in [5, 5.41) is 8.04. The van der Waals surface area contributed by atoms with Crippen LogP contribution in [-0.2, 0) is 9.59 Å². The Kier molecular flexibility index (Phi) is 4.45. The van der Waals surface area contributed by atoms with Crippen molar-refractivity contribution in [2.75, 3.05) is 5.32 Å². The van der Waals surface area contributed by atoms with Crippen LogP contribution in [0.3, 0.4) is 0 Å². The van der Waals surface area contributed by atoms with E-state index >= 15 is 0 Å². The number of carbonyl (C=O) groups excluding carboxylic acids is 3. The Bertz CT molecular complexity index is 954. The predicted octanol–water partition coefficient (Wildman–Crippen LogP) is 3.27. The first-order valence-corrected chi connectivity index (χ1v) is 9.48. The fourth-order valence-electron chi connectivity index (χ4n) is 3.99. The van der Waals surface area contributed by atoms with E-state index in [9.17, 15) is 14.4 Å². The van der Waals surface area contributed by atoms with Crippen LogP contribution in [0.25, 0.3) is 11.3 Å². The van der Waals surface area contributed by atoms with E-state index in [0.29, 0.717) is 25.7 Å². The van der Waals surface area contributed by atoms with E-state index in [1.165, 1.54) is 0 Å². The highest BCUT2D eigenvalue weighted by Gasteiger charge is 2.48. The first-order valence-electron chi connectivity index (χ1n) is 9.48. The number of aryl methyl sites for hydroxylation is 2. The van der Waals surface area contributed by atoms with Crippen molar-refractivity contribution >= 4 is 23.5 Å². The Morgan fingerprint density at radius 1 is 1.14 bits per heavy atom. The van der Waals surface area contributed by atoms with Crippen molar-refractivity contribution in [1.82, 2.24) is 10.6 Å². The van der Waals surface area contributed by atoms with E-state index < -0.39 is 11.6 Å². The van der Waals surface area contributed by atoms with Gasteiger partial charge in [0.25, 0.3) is 5.91 Å². The maximum absolute atomic E-state index is 12.8. The van der Waals surface area contributed by atoms with Crippen LogP contribution in [0.5, 0.6) is 0 Å². The lowest BCUT2D eigenvalue weighted by Crippen LogP contribution is -2.50. The van der Waals surface area contributed by atoms with Crippen LogP contribution in [0.4, 0.5) is 10.5 Å². The maximum Gasteiger partial charge on any atom is 0.322 e. The monoisotopic (exact) mass is 381 g/mol. The molecule has 28 heavy (non-hydrogen) atoms. The van der Waals surface area contributed by atoms with Crippen LogP contribution in [0.1, 0.15) is 37.0 Å². The Labute approximate surface area is 162 Å². The van der Waals surface area contributed by atoms with Crippen LogP contribution in [0.15, 0.2) is 34.7 Å². The second-order valence-corrected chi connectivity index (χ2v) is 7.69. The number of anilines is 1. The zero-order valence-corrected chi connectivity index (χ0v) is 15.9. The zero-order valence-electron chi connectivity index (χ0n) is 15.9. The van der Waals surface area contributed by atoms with Crippen molar-refractivity contribution in [3.05, 3.63) is 41.7 Å². The SMILES string of the molecule is Cc1ccc(-c2ccc(C)c(NC(=O)C3CCC4(CC3)NC(=O)NC4=O)c2)o1. The molecule has 0 atom stereocenters. The fraction of sp³-hybridized carbons (Fsp3) is 0.381. The minimum Gasteiger partial charge on any atom is -0.461 e. The lowest BCUT2D eigenvalue weighted by Gasteiger charge is -2.33. The lowest BCUT2D eigenvalue weighted by molar-refractivity contribution is -0.128. The van der Waals surface area contributed by atoms with E-state index in [1.807, 2.05) is 44.2 Å². The van der Waals surface area contributed by atoms with Crippen molar-refractivity contribution in [3.63, 3.8) is 0 Å². The van der Waals surface area contributed by atoms with Crippen LogP contribution in [0.2, 0.25) is 0 Å². The number of urea groups is 1. The number of furan rings is 1. The number of benzene rings is 1. The van der Waals surface area contributed by atoms with Crippen LogP contribution in [0, 0.1) is 19.8 Å². The summed E-state index contributed by atoms with van der Waals surface area (Å²) in [7, 11) is 0. The first-order chi connectivity index (χ1) is 13.4. The third-order valence-electron chi connectivity index (χ3n) is 5.74. The largest absolute Gasteiger partial charge is 0.461 e. The molecule has 7 nitrogen and oxygen atoms in total. The summed E-state index contributed by atoms with van der Waals surface area (Å²) in [5.41, 5.74) is 1.78. The molecular weight excluding hydrogens is 358 g/mol. The van der Waals surface area contributed by atoms with Gasteiger partial charge in [-0.2, -0.15) is 0 Å². The molecule has 2 aliphatic rings. The van der Waals surface area contributed by atoms with Gasteiger partial charge >= 0.3 is 6.03 Å². The third-order valence-corrected chi connectivity index (χ3v) is 5.74. The predicted molar refractivity (Wildman–Crippen MR) is 104 cm³/mol. The molecule has 2 heterocycles. The van der Waals surface area contributed by atoms with E-state index in [2.05, 4.69) is 16.0 Å². The summed E-state index contributed by atoms with van der Waals surface area (Å²) < 4.78 is 5.67. The van der Waals surface area contributed by atoms with Gasteiger partial charge in [0.1, 0.15) is 17.1 Å². The molecule has 1 aliphatic carbocycles. The summed E-state index contributed by atoms with van der Waals surface area (Å²) in [5.74, 6) is 1.06. The van der Waals surface area contributed by atoms with Gasteiger partial charge in [-0.3, -0.25) is 14.9 Å². The highest BCUT2D eigenvalue weighted by atomic mass is 16.3. The summed E-state index contributed by atoms with van der Waals surface area (Å²) in [6.07, 6.45) is 2.03. The van der Waals surface area contributed by atoms with Crippen molar-refractivity contribution in [1.29, 1.82) is 0 Å². The van der Waals surface area contributed by atoms with Gasteiger partial charge in [-0.1, -0.05) is 12.1 Å². The molecule has 1 aromatic carbocycles. The number of amides is 4. The van der Waals surface area contributed by atoms with Gasteiger partial charge < -0.3 is 15.1 Å². The highest BCUT2D eigenvalue weighted by Crippen LogP contribution is 2.35. The molecule has 1 aromatic heterocycles. The lowest BCUT2D eigenvalue weighted by atomic mass is 9.76. The Hall–Kier alpha value is -3.09. The van der Waals surface area contributed by atoms with Gasteiger partial charge in [-0.15, -0.1) is 0 Å². The molecule has 0 radical (unpaired) electrons. The topological polar surface area (TPSA) is 100 Å². The molecule has 2 aromatic rings. The standard InChI is InChI=1S/C21H23N3O4/c1-12-3-5-15(17-6-4-13(2)28-17)11-16(12)22-18(25)14-7-9-21(10-8-14)19(26)23-20(27)24-21/h3-6,11,14H,7-10H2,1-2H3,(H,22,25)(H2,23,24,26,27). The summed E-state index contributed by atoms with van der Waals surface area (Å²) in [4.78, 5) is 36.3. The second-order valence-electron chi connectivity index (χ2n) is 7.69. The van der Waals surface area contributed by atoms with Crippen molar-refractivity contribution in [2.24, 2.45) is 5.92 Å². The van der Waals surface area contributed by atoms with E-state index in [4.69, 9.17) is 4.42 Å². The molecule has 0 bridgehead atoms. The summed E-state index contributed by atoms with van der Waals surface area (Å²) in [6, 6.07) is 9.21. The highest BCUT2D eigenvalue weighted by molar-refractivity contribution is 6.07. The molecule has 2 fully saturated rings.